The van der Waals surface area contributed by atoms with E-state index in [0.717, 1.165) is 25.9 Å². The van der Waals surface area contributed by atoms with Gasteiger partial charge in [0, 0.05) is 34.9 Å². The fourth-order valence-corrected chi connectivity index (χ4v) is 3.94. The highest BCUT2D eigenvalue weighted by Gasteiger charge is 2.18. The van der Waals surface area contributed by atoms with Crippen molar-refractivity contribution in [1.82, 2.24) is 0 Å². The Hall–Kier alpha value is -3.09. The molecule has 0 aliphatic carbocycles. The van der Waals surface area contributed by atoms with Crippen LogP contribution in [0.5, 0.6) is 0 Å². The molecule has 0 unspecified atom stereocenters. The number of hydrogen-bond donors (Lipinski definition) is 2. The van der Waals surface area contributed by atoms with Crippen molar-refractivity contribution in [3.8, 4) is 0 Å². The van der Waals surface area contributed by atoms with Crippen LogP contribution in [0.15, 0.2) is 60.7 Å². The smallest absolute Gasteiger partial charge is 0.255 e. The molecule has 1 heterocycles. The molecule has 3 aromatic rings. The van der Waals surface area contributed by atoms with Crippen LogP contribution in [0.1, 0.15) is 33.6 Å². The van der Waals surface area contributed by atoms with Crippen LogP contribution in [0.3, 0.4) is 0 Å². The molecule has 2 amide bonds. The summed E-state index contributed by atoms with van der Waals surface area (Å²) in [5, 5.41) is 6.17. The predicted molar refractivity (Wildman–Crippen MR) is 127 cm³/mol. The molecular formula is C24H20Cl2FN3O2. The Morgan fingerprint density at radius 2 is 1.56 bits per heavy atom. The predicted octanol–water partition coefficient (Wildman–Crippen LogP) is 6.24. The summed E-state index contributed by atoms with van der Waals surface area (Å²) in [5.74, 6) is -1.28. The zero-order valence-corrected chi connectivity index (χ0v) is 18.5. The molecule has 164 valence electrons. The molecule has 1 aliphatic heterocycles. The molecule has 8 heteroatoms. The lowest BCUT2D eigenvalue weighted by Gasteiger charge is -2.18. The van der Waals surface area contributed by atoms with Gasteiger partial charge in [-0.2, -0.15) is 0 Å². The number of nitrogens with one attached hydrogen (secondary N) is 2. The SMILES string of the molecule is O=C(Nc1ccc(Cl)c(NC(=O)c2cccc(Cl)c2)c1)c1ccc(N2CCCC2)c(F)c1. The maximum atomic E-state index is 14.6. The topological polar surface area (TPSA) is 61.4 Å². The minimum atomic E-state index is -0.466. The summed E-state index contributed by atoms with van der Waals surface area (Å²) in [6, 6.07) is 15.7. The monoisotopic (exact) mass is 471 g/mol. The average Bonchev–Trinajstić information content (AvgIpc) is 3.30. The van der Waals surface area contributed by atoms with Crippen molar-refractivity contribution < 1.29 is 14.0 Å². The highest BCUT2D eigenvalue weighted by atomic mass is 35.5. The van der Waals surface area contributed by atoms with Gasteiger partial charge in [0.2, 0.25) is 0 Å². The molecule has 0 atom stereocenters. The highest BCUT2D eigenvalue weighted by Crippen LogP contribution is 2.28. The van der Waals surface area contributed by atoms with Crippen LogP contribution >= 0.6 is 23.2 Å². The number of amides is 2. The normalized spacial score (nSPS) is 13.2. The first-order chi connectivity index (χ1) is 15.4. The van der Waals surface area contributed by atoms with E-state index in [0.29, 0.717) is 32.7 Å². The molecule has 2 N–H and O–H groups in total. The van der Waals surface area contributed by atoms with Crippen molar-refractivity contribution in [3.63, 3.8) is 0 Å². The summed E-state index contributed by atoms with van der Waals surface area (Å²) in [5.41, 5.74) is 1.81. The maximum absolute atomic E-state index is 14.6. The van der Waals surface area contributed by atoms with E-state index in [4.69, 9.17) is 23.2 Å². The minimum Gasteiger partial charge on any atom is -0.369 e. The third kappa shape index (κ3) is 5.03. The Labute approximate surface area is 195 Å². The summed E-state index contributed by atoms with van der Waals surface area (Å²) in [4.78, 5) is 27.1. The molecule has 4 rings (SSSR count). The lowest BCUT2D eigenvalue weighted by Crippen LogP contribution is -2.20. The second-order valence-electron chi connectivity index (χ2n) is 7.47. The molecule has 1 fully saturated rings. The Morgan fingerprint density at radius 3 is 2.28 bits per heavy atom. The average molecular weight is 472 g/mol. The van der Waals surface area contributed by atoms with Gasteiger partial charge in [0.15, 0.2) is 0 Å². The van der Waals surface area contributed by atoms with Crippen LogP contribution < -0.4 is 15.5 Å². The highest BCUT2D eigenvalue weighted by molar-refractivity contribution is 6.34. The van der Waals surface area contributed by atoms with E-state index in [1.807, 2.05) is 4.90 Å². The number of anilines is 3. The first kappa shape index (κ1) is 22.1. The van der Waals surface area contributed by atoms with Crippen molar-refractivity contribution in [2.45, 2.75) is 12.8 Å². The van der Waals surface area contributed by atoms with Crippen LogP contribution in [0, 0.1) is 5.82 Å². The Morgan fingerprint density at radius 1 is 0.844 bits per heavy atom. The van der Waals surface area contributed by atoms with E-state index >= 15 is 0 Å². The van der Waals surface area contributed by atoms with Crippen molar-refractivity contribution >= 4 is 52.1 Å². The van der Waals surface area contributed by atoms with Crippen molar-refractivity contribution in [1.29, 1.82) is 0 Å². The quantitative estimate of drug-likeness (QED) is 0.462. The van der Waals surface area contributed by atoms with Crippen molar-refractivity contribution in [3.05, 3.63) is 87.7 Å². The van der Waals surface area contributed by atoms with Crippen molar-refractivity contribution in [2.75, 3.05) is 28.6 Å². The molecular weight excluding hydrogens is 452 g/mol. The van der Waals surface area contributed by atoms with Gasteiger partial charge in [0.1, 0.15) is 5.82 Å². The van der Waals surface area contributed by atoms with Crippen LogP contribution in [-0.4, -0.2) is 24.9 Å². The fourth-order valence-electron chi connectivity index (χ4n) is 3.59. The lowest BCUT2D eigenvalue weighted by atomic mass is 10.1. The van der Waals surface area contributed by atoms with Crippen LogP contribution in [-0.2, 0) is 0 Å². The second kappa shape index (κ2) is 9.59. The standard InChI is InChI=1S/C24H20Cl2FN3O2/c25-17-5-3-4-15(12-17)24(32)29-21-14-18(7-8-19(21)26)28-23(31)16-6-9-22(20(27)13-16)30-10-1-2-11-30/h3-9,12-14H,1-2,10-11H2,(H,28,31)(H,29,32). The van der Waals surface area contributed by atoms with Crippen molar-refractivity contribution in [2.24, 2.45) is 0 Å². The molecule has 0 saturated carbocycles. The third-order valence-electron chi connectivity index (χ3n) is 5.22. The van der Waals surface area contributed by atoms with Gasteiger partial charge in [-0.05, 0) is 67.4 Å². The van der Waals surface area contributed by atoms with Crippen LogP contribution in [0.2, 0.25) is 10.0 Å². The number of halogens is 3. The van der Waals surface area contributed by atoms with E-state index in [1.54, 1.807) is 42.5 Å². The molecule has 0 bridgehead atoms. The van der Waals surface area contributed by atoms with E-state index in [9.17, 15) is 14.0 Å². The minimum absolute atomic E-state index is 0.199. The first-order valence-corrected chi connectivity index (χ1v) is 10.9. The molecule has 32 heavy (non-hydrogen) atoms. The van der Waals surface area contributed by atoms with Gasteiger partial charge in [-0.15, -0.1) is 0 Å². The number of benzene rings is 3. The Bertz CT molecular complexity index is 1180. The summed E-state index contributed by atoms with van der Waals surface area (Å²) in [6.45, 7) is 1.63. The lowest BCUT2D eigenvalue weighted by molar-refractivity contribution is 0.101. The number of carbonyl (C=O) groups excluding carboxylic acids is 2. The van der Waals surface area contributed by atoms with E-state index in [-0.39, 0.29) is 5.56 Å². The molecule has 1 saturated heterocycles. The summed E-state index contributed by atoms with van der Waals surface area (Å²) in [7, 11) is 0. The van der Waals surface area contributed by atoms with Gasteiger partial charge in [-0.3, -0.25) is 9.59 Å². The van der Waals surface area contributed by atoms with Gasteiger partial charge in [-0.25, -0.2) is 4.39 Å². The number of carbonyl (C=O) groups is 2. The largest absolute Gasteiger partial charge is 0.369 e. The van der Waals surface area contributed by atoms with Gasteiger partial charge in [0.25, 0.3) is 11.8 Å². The summed E-state index contributed by atoms with van der Waals surface area (Å²) in [6.07, 6.45) is 2.07. The van der Waals surface area contributed by atoms with E-state index < -0.39 is 17.6 Å². The molecule has 0 aromatic heterocycles. The van der Waals surface area contributed by atoms with Gasteiger partial charge >= 0.3 is 0 Å². The van der Waals surface area contributed by atoms with Crippen LogP contribution in [0.25, 0.3) is 0 Å². The molecule has 1 aliphatic rings. The number of nitrogens with zero attached hydrogens (tertiary/aromatic N) is 1. The van der Waals surface area contributed by atoms with Gasteiger partial charge < -0.3 is 15.5 Å². The molecule has 5 nitrogen and oxygen atoms in total. The molecule has 0 radical (unpaired) electrons. The zero-order chi connectivity index (χ0) is 22.7. The summed E-state index contributed by atoms with van der Waals surface area (Å²) >= 11 is 12.1. The van der Waals surface area contributed by atoms with E-state index in [1.165, 1.54) is 18.2 Å². The number of rotatable bonds is 5. The van der Waals surface area contributed by atoms with E-state index in [2.05, 4.69) is 10.6 Å². The Balaban J connectivity index is 1.48. The summed E-state index contributed by atoms with van der Waals surface area (Å²) < 4.78 is 14.6. The molecule has 3 aromatic carbocycles. The van der Waals surface area contributed by atoms with Gasteiger partial charge in [-0.1, -0.05) is 29.3 Å². The zero-order valence-electron chi connectivity index (χ0n) is 17.0. The third-order valence-corrected chi connectivity index (χ3v) is 5.78. The second-order valence-corrected chi connectivity index (χ2v) is 8.32. The Kier molecular flexibility index (Phi) is 6.63. The number of hydrogen-bond acceptors (Lipinski definition) is 3. The molecule has 0 spiro atoms. The van der Waals surface area contributed by atoms with Crippen LogP contribution in [0.4, 0.5) is 21.5 Å². The van der Waals surface area contributed by atoms with Gasteiger partial charge in [0.05, 0.1) is 16.4 Å². The maximum Gasteiger partial charge on any atom is 0.255 e. The first-order valence-electron chi connectivity index (χ1n) is 10.1. The fraction of sp³-hybridized carbons (Fsp3) is 0.167.